The molecule has 0 aliphatic heterocycles. The Labute approximate surface area is 118 Å². The van der Waals surface area contributed by atoms with Gasteiger partial charge in [0.05, 0.1) is 13.1 Å². The number of nitrogens with zero attached hydrogens (tertiary/aromatic N) is 2. The lowest BCUT2D eigenvalue weighted by Gasteiger charge is -2.35. The predicted molar refractivity (Wildman–Crippen MR) is 71.5 cm³/mol. The van der Waals surface area contributed by atoms with E-state index in [-0.39, 0.29) is 6.54 Å². The lowest BCUT2D eigenvalue weighted by atomic mass is 9.79. The second-order valence-corrected chi connectivity index (χ2v) is 5.46. The van der Waals surface area contributed by atoms with Crippen molar-refractivity contribution in [2.75, 3.05) is 13.7 Å². The van der Waals surface area contributed by atoms with Crippen molar-refractivity contribution in [2.45, 2.75) is 44.8 Å². The first-order valence-electron chi connectivity index (χ1n) is 6.93. The number of aromatic nitrogens is 2. The van der Waals surface area contributed by atoms with Gasteiger partial charge in [0.1, 0.15) is 5.60 Å². The molecule has 1 heterocycles. The van der Waals surface area contributed by atoms with E-state index in [1.807, 2.05) is 0 Å². The SMILES string of the molecule is COC1(c2noc(CNCC(N)=O)n2)CCC(C)CC1. The fraction of sp³-hybridized carbons (Fsp3) is 0.769. The lowest BCUT2D eigenvalue weighted by Crippen LogP contribution is -2.34. The minimum absolute atomic E-state index is 0.0879. The summed E-state index contributed by atoms with van der Waals surface area (Å²) in [4.78, 5) is 15.0. The van der Waals surface area contributed by atoms with Crippen molar-refractivity contribution >= 4 is 5.91 Å². The molecule has 0 radical (unpaired) electrons. The molecule has 0 atom stereocenters. The summed E-state index contributed by atoms with van der Waals surface area (Å²) in [7, 11) is 1.69. The first-order valence-corrected chi connectivity index (χ1v) is 6.93. The van der Waals surface area contributed by atoms with Gasteiger partial charge < -0.3 is 15.0 Å². The van der Waals surface area contributed by atoms with Crippen LogP contribution in [0.5, 0.6) is 0 Å². The maximum absolute atomic E-state index is 10.6. The third-order valence-electron chi connectivity index (χ3n) is 3.92. The monoisotopic (exact) mass is 282 g/mol. The molecule has 1 aliphatic rings. The van der Waals surface area contributed by atoms with E-state index >= 15 is 0 Å². The molecular formula is C13H22N4O3. The maximum atomic E-state index is 10.6. The van der Waals surface area contributed by atoms with E-state index in [9.17, 15) is 4.79 Å². The number of hydrogen-bond acceptors (Lipinski definition) is 6. The zero-order valence-corrected chi connectivity index (χ0v) is 12.0. The molecule has 0 bridgehead atoms. The van der Waals surface area contributed by atoms with Crippen LogP contribution in [0.1, 0.15) is 44.3 Å². The van der Waals surface area contributed by atoms with Gasteiger partial charge in [0.25, 0.3) is 0 Å². The Hall–Kier alpha value is -1.47. The number of nitrogens with two attached hydrogens (primary N) is 1. The molecule has 7 nitrogen and oxygen atoms in total. The minimum atomic E-state index is -0.433. The molecule has 1 amide bonds. The quantitative estimate of drug-likeness (QED) is 0.796. The minimum Gasteiger partial charge on any atom is -0.370 e. The predicted octanol–water partition coefficient (Wildman–Crippen LogP) is 0.696. The summed E-state index contributed by atoms with van der Waals surface area (Å²) < 4.78 is 10.9. The van der Waals surface area contributed by atoms with E-state index < -0.39 is 11.5 Å². The Kier molecular flexibility index (Phi) is 4.72. The summed E-state index contributed by atoms with van der Waals surface area (Å²) in [5, 5.41) is 6.88. The van der Waals surface area contributed by atoms with Gasteiger partial charge in [-0.1, -0.05) is 12.1 Å². The van der Waals surface area contributed by atoms with Gasteiger partial charge in [0, 0.05) is 7.11 Å². The molecule has 0 saturated heterocycles. The largest absolute Gasteiger partial charge is 0.370 e. The van der Waals surface area contributed by atoms with E-state index in [4.69, 9.17) is 15.0 Å². The van der Waals surface area contributed by atoms with Crippen LogP contribution in [0, 0.1) is 5.92 Å². The normalized spacial score (nSPS) is 26.6. The number of hydrogen-bond donors (Lipinski definition) is 2. The van der Waals surface area contributed by atoms with Crippen molar-refractivity contribution in [1.82, 2.24) is 15.5 Å². The van der Waals surface area contributed by atoms with Crippen LogP contribution in [-0.2, 0) is 21.7 Å². The molecule has 0 aromatic carbocycles. The summed E-state index contributed by atoms with van der Waals surface area (Å²) >= 11 is 0. The number of primary amides is 1. The Bertz CT molecular complexity index is 452. The summed E-state index contributed by atoms with van der Waals surface area (Å²) in [6, 6.07) is 0. The summed E-state index contributed by atoms with van der Waals surface area (Å²) in [6.45, 7) is 2.66. The lowest BCUT2D eigenvalue weighted by molar-refractivity contribution is -0.117. The smallest absolute Gasteiger partial charge is 0.240 e. The molecular weight excluding hydrogens is 260 g/mol. The number of methoxy groups -OCH3 is 1. The van der Waals surface area contributed by atoms with Gasteiger partial charge >= 0.3 is 0 Å². The number of nitrogens with one attached hydrogen (secondary N) is 1. The van der Waals surface area contributed by atoms with Gasteiger partial charge in [-0.2, -0.15) is 4.98 Å². The maximum Gasteiger partial charge on any atom is 0.240 e. The Morgan fingerprint density at radius 3 is 2.85 bits per heavy atom. The number of amides is 1. The fourth-order valence-electron chi connectivity index (χ4n) is 2.55. The van der Waals surface area contributed by atoms with Gasteiger partial charge in [-0.3, -0.25) is 10.1 Å². The van der Waals surface area contributed by atoms with Crippen LogP contribution < -0.4 is 11.1 Å². The molecule has 1 saturated carbocycles. The van der Waals surface area contributed by atoms with E-state index in [0.29, 0.717) is 24.2 Å². The van der Waals surface area contributed by atoms with Crippen molar-refractivity contribution < 1.29 is 14.1 Å². The average molecular weight is 282 g/mol. The molecule has 1 aliphatic carbocycles. The van der Waals surface area contributed by atoms with Crippen LogP contribution in [-0.4, -0.2) is 29.7 Å². The molecule has 0 unspecified atom stereocenters. The number of rotatable bonds is 6. The first-order chi connectivity index (χ1) is 9.55. The average Bonchev–Trinajstić information content (AvgIpc) is 2.89. The second-order valence-electron chi connectivity index (χ2n) is 5.46. The number of carbonyl (C=O) groups is 1. The van der Waals surface area contributed by atoms with Gasteiger partial charge in [-0.25, -0.2) is 0 Å². The van der Waals surface area contributed by atoms with Gasteiger partial charge in [0.15, 0.2) is 0 Å². The number of ether oxygens (including phenoxy) is 1. The van der Waals surface area contributed by atoms with Crippen LogP contribution in [0.15, 0.2) is 4.52 Å². The van der Waals surface area contributed by atoms with Crippen molar-refractivity contribution in [3.63, 3.8) is 0 Å². The third-order valence-corrected chi connectivity index (χ3v) is 3.92. The van der Waals surface area contributed by atoms with E-state index in [2.05, 4.69) is 22.4 Å². The third kappa shape index (κ3) is 3.34. The molecule has 1 aromatic rings. The summed E-state index contributed by atoms with van der Waals surface area (Å²) in [5.41, 5.74) is 4.61. The van der Waals surface area contributed by atoms with Gasteiger partial charge in [-0.05, 0) is 31.6 Å². The van der Waals surface area contributed by atoms with Crippen LogP contribution in [0.3, 0.4) is 0 Å². The highest BCUT2D eigenvalue weighted by molar-refractivity contribution is 5.75. The highest BCUT2D eigenvalue weighted by Gasteiger charge is 2.40. The zero-order valence-electron chi connectivity index (χ0n) is 12.0. The van der Waals surface area contributed by atoms with E-state index in [1.165, 1.54) is 0 Å². The van der Waals surface area contributed by atoms with E-state index in [1.54, 1.807) is 7.11 Å². The standard InChI is InChI=1S/C13H22N4O3/c1-9-3-5-13(19-2,6-4-9)12-16-11(20-17-12)8-15-7-10(14)18/h9,15H,3-8H2,1-2H3,(H2,14,18). The molecule has 1 fully saturated rings. The Balaban J connectivity index is 2.01. The Morgan fingerprint density at radius 1 is 1.55 bits per heavy atom. The van der Waals surface area contributed by atoms with Crippen molar-refractivity contribution in [3.05, 3.63) is 11.7 Å². The molecule has 1 aromatic heterocycles. The van der Waals surface area contributed by atoms with Crippen molar-refractivity contribution in [3.8, 4) is 0 Å². The van der Waals surface area contributed by atoms with Crippen LogP contribution in [0.4, 0.5) is 0 Å². The Morgan fingerprint density at radius 2 is 2.25 bits per heavy atom. The summed E-state index contributed by atoms with van der Waals surface area (Å²) in [6.07, 6.45) is 3.99. The highest BCUT2D eigenvalue weighted by Crippen LogP contribution is 2.40. The van der Waals surface area contributed by atoms with Crippen LogP contribution in [0.25, 0.3) is 0 Å². The number of carbonyl (C=O) groups excluding carboxylic acids is 1. The van der Waals surface area contributed by atoms with Gasteiger partial charge in [-0.15, -0.1) is 0 Å². The molecule has 20 heavy (non-hydrogen) atoms. The summed E-state index contributed by atoms with van der Waals surface area (Å²) in [5.74, 6) is 1.33. The molecule has 112 valence electrons. The fourth-order valence-corrected chi connectivity index (χ4v) is 2.55. The van der Waals surface area contributed by atoms with Gasteiger partial charge in [0.2, 0.25) is 17.6 Å². The van der Waals surface area contributed by atoms with Crippen LogP contribution in [0.2, 0.25) is 0 Å². The van der Waals surface area contributed by atoms with Crippen LogP contribution >= 0.6 is 0 Å². The molecule has 7 heteroatoms. The molecule has 0 spiro atoms. The topological polar surface area (TPSA) is 103 Å². The zero-order chi connectivity index (χ0) is 14.6. The molecule has 2 rings (SSSR count). The van der Waals surface area contributed by atoms with E-state index in [0.717, 1.165) is 25.7 Å². The molecule has 3 N–H and O–H groups in total. The second kappa shape index (κ2) is 6.32. The van der Waals surface area contributed by atoms with Crippen molar-refractivity contribution in [1.29, 1.82) is 0 Å². The highest BCUT2D eigenvalue weighted by atomic mass is 16.5. The van der Waals surface area contributed by atoms with Crippen molar-refractivity contribution in [2.24, 2.45) is 11.7 Å². The first kappa shape index (κ1) is 14.9.